The fraction of sp³-hybridized carbons (Fsp3) is 0.200. The SMILES string of the molecule is O=C(NCCNC(=O)c1ccco1)c1ccc(SC(F)F)cc1. The molecule has 2 rings (SSSR count). The Balaban J connectivity index is 1.73. The second-order valence-corrected chi connectivity index (χ2v) is 5.46. The molecule has 1 aromatic carbocycles. The van der Waals surface area contributed by atoms with Gasteiger partial charge in [-0.2, -0.15) is 8.78 Å². The summed E-state index contributed by atoms with van der Waals surface area (Å²) >= 11 is 0.421. The van der Waals surface area contributed by atoms with Gasteiger partial charge in [0.2, 0.25) is 0 Å². The van der Waals surface area contributed by atoms with Gasteiger partial charge in [-0.1, -0.05) is 11.8 Å². The van der Waals surface area contributed by atoms with Crippen LogP contribution in [0.2, 0.25) is 0 Å². The van der Waals surface area contributed by atoms with Crippen LogP contribution < -0.4 is 10.6 Å². The topological polar surface area (TPSA) is 71.3 Å². The molecular weight excluding hydrogens is 326 g/mol. The quantitative estimate of drug-likeness (QED) is 0.601. The number of carbonyl (C=O) groups excluding carboxylic acids is 2. The number of alkyl halides is 2. The third kappa shape index (κ3) is 5.41. The fourth-order valence-corrected chi connectivity index (χ4v) is 2.24. The summed E-state index contributed by atoms with van der Waals surface area (Å²) in [6.07, 6.45) is 1.40. The van der Waals surface area contributed by atoms with E-state index < -0.39 is 5.76 Å². The zero-order valence-electron chi connectivity index (χ0n) is 11.9. The summed E-state index contributed by atoms with van der Waals surface area (Å²) in [5.74, 6) is -3.00. The van der Waals surface area contributed by atoms with E-state index >= 15 is 0 Å². The molecule has 0 spiro atoms. The average molecular weight is 340 g/mol. The summed E-state index contributed by atoms with van der Waals surface area (Å²) in [5.41, 5.74) is 0.362. The maximum atomic E-state index is 12.2. The maximum Gasteiger partial charge on any atom is 0.288 e. The smallest absolute Gasteiger partial charge is 0.288 e. The number of hydrogen-bond donors (Lipinski definition) is 2. The first-order chi connectivity index (χ1) is 11.1. The van der Waals surface area contributed by atoms with Crippen molar-refractivity contribution in [2.45, 2.75) is 10.7 Å². The fourth-order valence-electron chi connectivity index (χ4n) is 1.74. The van der Waals surface area contributed by atoms with Crippen LogP contribution >= 0.6 is 11.8 Å². The number of benzene rings is 1. The van der Waals surface area contributed by atoms with Gasteiger partial charge in [0.1, 0.15) is 0 Å². The lowest BCUT2D eigenvalue weighted by Gasteiger charge is -2.07. The van der Waals surface area contributed by atoms with Crippen molar-refractivity contribution in [3.8, 4) is 0 Å². The molecule has 8 heteroatoms. The molecule has 0 aliphatic rings. The highest BCUT2D eigenvalue weighted by molar-refractivity contribution is 7.99. The Labute approximate surface area is 135 Å². The van der Waals surface area contributed by atoms with Crippen LogP contribution in [-0.4, -0.2) is 30.7 Å². The molecule has 0 aliphatic carbocycles. The number of halogens is 2. The lowest BCUT2D eigenvalue weighted by atomic mass is 10.2. The van der Waals surface area contributed by atoms with Gasteiger partial charge >= 0.3 is 0 Å². The Hall–Kier alpha value is -2.35. The summed E-state index contributed by atoms with van der Waals surface area (Å²) in [5, 5.41) is 5.21. The lowest BCUT2D eigenvalue weighted by molar-refractivity contribution is 0.0910. The van der Waals surface area contributed by atoms with Crippen molar-refractivity contribution in [3.63, 3.8) is 0 Å². The van der Waals surface area contributed by atoms with Crippen molar-refractivity contribution in [1.29, 1.82) is 0 Å². The number of furan rings is 1. The number of rotatable bonds is 7. The first kappa shape index (κ1) is 17.0. The molecule has 0 atom stereocenters. The Morgan fingerprint density at radius 3 is 2.26 bits per heavy atom. The first-order valence-electron chi connectivity index (χ1n) is 6.71. The molecule has 5 nitrogen and oxygen atoms in total. The molecule has 1 aromatic heterocycles. The van der Waals surface area contributed by atoms with E-state index in [2.05, 4.69) is 10.6 Å². The Morgan fingerprint density at radius 1 is 1.04 bits per heavy atom. The van der Waals surface area contributed by atoms with Gasteiger partial charge in [-0.15, -0.1) is 0 Å². The molecule has 2 N–H and O–H groups in total. The van der Waals surface area contributed by atoms with Gasteiger partial charge < -0.3 is 15.1 Å². The van der Waals surface area contributed by atoms with E-state index in [1.807, 2.05) is 0 Å². The van der Waals surface area contributed by atoms with E-state index in [-0.39, 0.29) is 30.7 Å². The predicted octanol–water partition coefficient (Wildman–Crippen LogP) is 2.75. The summed E-state index contributed by atoms with van der Waals surface area (Å²) in [4.78, 5) is 23.8. The van der Waals surface area contributed by atoms with Crippen molar-refractivity contribution in [2.24, 2.45) is 0 Å². The Morgan fingerprint density at radius 2 is 1.70 bits per heavy atom. The average Bonchev–Trinajstić information content (AvgIpc) is 3.05. The van der Waals surface area contributed by atoms with Crippen molar-refractivity contribution in [3.05, 3.63) is 54.0 Å². The van der Waals surface area contributed by atoms with Crippen molar-refractivity contribution >= 4 is 23.6 Å². The molecule has 0 saturated carbocycles. The molecule has 2 amide bonds. The van der Waals surface area contributed by atoms with Crippen LogP contribution in [-0.2, 0) is 0 Å². The normalized spacial score (nSPS) is 10.6. The maximum absolute atomic E-state index is 12.2. The van der Waals surface area contributed by atoms with Crippen LogP contribution in [0.5, 0.6) is 0 Å². The van der Waals surface area contributed by atoms with Crippen LogP contribution in [0.1, 0.15) is 20.9 Å². The van der Waals surface area contributed by atoms with Crippen molar-refractivity contribution in [2.75, 3.05) is 13.1 Å². The van der Waals surface area contributed by atoms with Gasteiger partial charge in [0.25, 0.3) is 17.6 Å². The molecular formula is C15H14F2N2O3S. The van der Waals surface area contributed by atoms with Crippen molar-refractivity contribution in [1.82, 2.24) is 10.6 Å². The second kappa shape index (κ2) is 8.33. The summed E-state index contributed by atoms with van der Waals surface area (Å²) in [6.45, 7) is 0.476. The molecule has 23 heavy (non-hydrogen) atoms. The van der Waals surface area contributed by atoms with Crippen molar-refractivity contribution < 1.29 is 22.8 Å². The van der Waals surface area contributed by atoms with Gasteiger partial charge in [0, 0.05) is 23.5 Å². The molecule has 0 bridgehead atoms. The highest BCUT2D eigenvalue weighted by Crippen LogP contribution is 2.25. The van der Waals surface area contributed by atoms with Crippen LogP contribution in [0.15, 0.2) is 52.0 Å². The predicted molar refractivity (Wildman–Crippen MR) is 81.7 cm³/mol. The van der Waals surface area contributed by atoms with E-state index in [0.717, 1.165) is 0 Å². The second-order valence-electron chi connectivity index (χ2n) is 4.39. The van der Waals surface area contributed by atoms with Gasteiger partial charge in [-0.3, -0.25) is 9.59 Å². The number of carbonyl (C=O) groups is 2. The number of thioether (sulfide) groups is 1. The zero-order chi connectivity index (χ0) is 16.7. The minimum Gasteiger partial charge on any atom is -0.459 e. The minimum absolute atomic E-state index is 0.198. The standard InChI is InChI=1S/C15H14F2N2O3S/c16-15(17)23-11-5-3-10(4-6-11)13(20)18-7-8-19-14(21)12-2-1-9-22-12/h1-6,9,15H,7-8H2,(H,18,20)(H,19,21). The molecule has 0 saturated heterocycles. The van der Waals surface area contributed by atoms with Gasteiger partial charge in [-0.05, 0) is 36.4 Å². The molecule has 0 unspecified atom stereocenters. The number of amides is 2. The highest BCUT2D eigenvalue weighted by Gasteiger charge is 2.09. The Kier molecular flexibility index (Phi) is 6.16. The molecule has 1 heterocycles. The summed E-state index contributed by atoms with van der Waals surface area (Å²) in [7, 11) is 0. The molecule has 0 radical (unpaired) electrons. The zero-order valence-corrected chi connectivity index (χ0v) is 12.7. The summed E-state index contributed by atoms with van der Waals surface area (Å²) in [6, 6.07) is 9.01. The third-order valence-electron chi connectivity index (χ3n) is 2.78. The Bertz CT molecular complexity index is 645. The van der Waals surface area contributed by atoms with E-state index in [1.54, 1.807) is 6.07 Å². The van der Waals surface area contributed by atoms with Crippen LogP contribution in [0.4, 0.5) is 8.78 Å². The highest BCUT2D eigenvalue weighted by atomic mass is 32.2. The van der Waals surface area contributed by atoms with E-state index in [1.165, 1.54) is 36.6 Å². The largest absolute Gasteiger partial charge is 0.459 e. The minimum atomic E-state index is -2.49. The van der Waals surface area contributed by atoms with Gasteiger partial charge in [0.15, 0.2) is 5.76 Å². The number of nitrogens with one attached hydrogen (secondary N) is 2. The van der Waals surface area contributed by atoms with E-state index in [9.17, 15) is 18.4 Å². The van der Waals surface area contributed by atoms with Crippen LogP contribution in [0.3, 0.4) is 0 Å². The van der Waals surface area contributed by atoms with Gasteiger partial charge in [-0.25, -0.2) is 0 Å². The molecule has 2 aromatic rings. The van der Waals surface area contributed by atoms with Crippen LogP contribution in [0.25, 0.3) is 0 Å². The first-order valence-corrected chi connectivity index (χ1v) is 7.59. The van der Waals surface area contributed by atoms with Gasteiger partial charge in [0.05, 0.1) is 6.26 Å². The third-order valence-corrected chi connectivity index (χ3v) is 3.51. The van der Waals surface area contributed by atoms with E-state index in [0.29, 0.717) is 22.2 Å². The lowest BCUT2D eigenvalue weighted by Crippen LogP contribution is -2.34. The molecule has 0 aliphatic heterocycles. The monoisotopic (exact) mass is 340 g/mol. The van der Waals surface area contributed by atoms with Crippen LogP contribution in [0, 0.1) is 0 Å². The summed E-state index contributed by atoms with van der Waals surface area (Å²) < 4.78 is 29.3. The molecule has 122 valence electrons. The number of hydrogen-bond acceptors (Lipinski definition) is 4. The molecule has 0 fully saturated rings. The van der Waals surface area contributed by atoms with E-state index in [4.69, 9.17) is 4.42 Å².